The topological polar surface area (TPSA) is 34.9 Å². The van der Waals surface area contributed by atoms with Crippen molar-refractivity contribution in [3.63, 3.8) is 0 Å². The van der Waals surface area contributed by atoms with Gasteiger partial charge >= 0.3 is 0 Å². The summed E-state index contributed by atoms with van der Waals surface area (Å²) < 4.78 is 1.98. The van der Waals surface area contributed by atoms with E-state index in [1.165, 1.54) is 0 Å². The standard InChI is InChI=1S/C13H22N2O/c1-5-11(4)15-9-8-12(14-15)6-7-13(16)10(2)3/h8-11H,5-7H2,1-4H3. The molecule has 0 aliphatic rings. The smallest absolute Gasteiger partial charge is 0.135 e. The number of nitrogens with zero attached hydrogens (tertiary/aromatic N) is 2. The van der Waals surface area contributed by atoms with E-state index in [2.05, 4.69) is 18.9 Å². The molecule has 0 spiro atoms. The first-order chi connectivity index (χ1) is 7.54. The number of carbonyl (C=O) groups excluding carboxylic acids is 1. The van der Waals surface area contributed by atoms with Crippen LogP contribution < -0.4 is 0 Å². The third kappa shape index (κ3) is 3.47. The molecule has 0 aliphatic heterocycles. The number of aryl methyl sites for hydroxylation is 1. The summed E-state index contributed by atoms with van der Waals surface area (Å²) in [6.45, 7) is 8.19. The molecule has 0 N–H and O–H groups in total. The van der Waals surface area contributed by atoms with Gasteiger partial charge in [-0.25, -0.2) is 0 Å². The van der Waals surface area contributed by atoms with E-state index < -0.39 is 0 Å². The first kappa shape index (κ1) is 12.9. The molecule has 90 valence electrons. The van der Waals surface area contributed by atoms with Crippen molar-refractivity contribution in [2.75, 3.05) is 0 Å². The Bertz CT molecular complexity index is 341. The molecule has 0 aromatic carbocycles. The third-order valence-corrected chi connectivity index (χ3v) is 2.98. The Kier molecular flexibility index (Phi) is 4.71. The largest absolute Gasteiger partial charge is 0.299 e. The van der Waals surface area contributed by atoms with Gasteiger partial charge in [0.2, 0.25) is 0 Å². The minimum Gasteiger partial charge on any atom is -0.299 e. The highest BCUT2D eigenvalue weighted by Gasteiger charge is 2.09. The zero-order valence-corrected chi connectivity index (χ0v) is 10.7. The Labute approximate surface area is 97.8 Å². The van der Waals surface area contributed by atoms with E-state index in [9.17, 15) is 4.79 Å². The molecule has 1 heterocycles. The van der Waals surface area contributed by atoms with E-state index in [1.54, 1.807) is 0 Å². The van der Waals surface area contributed by atoms with E-state index in [-0.39, 0.29) is 5.92 Å². The maximum absolute atomic E-state index is 11.5. The van der Waals surface area contributed by atoms with E-state index in [0.717, 1.165) is 18.5 Å². The molecule has 0 fully saturated rings. The van der Waals surface area contributed by atoms with E-state index in [0.29, 0.717) is 18.2 Å². The lowest BCUT2D eigenvalue weighted by Gasteiger charge is -2.08. The van der Waals surface area contributed by atoms with Crippen LogP contribution in [0, 0.1) is 5.92 Å². The number of Topliss-reactive ketones (excluding diaryl/α,β-unsaturated/α-hetero) is 1. The maximum atomic E-state index is 11.5. The Hall–Kier alpha value is -1.12. The molecule has 0 radical (unpaired) electrons. The van der Waals surface area contributed by atoms with Gasteiger partial charge in [-0.3, -0.25) is 9.48 Å². The van der Waals surface area contributed by atoms with Crippen molar-refractivity contribution >= 4 is 5.78 Å². The lowest BCUT2D eigenvalue weighted by Crippen LogP contribution is -2.09. The Morgan fingerprint density at radius 2 is 2.12 bits per heavy atom. The molecular formula is C13H22N2O. The van der Waals surface area contributed by atoms with Crippen molar-refractivity contribution in [2.45, 2.75) is 53.0 Å². The summed E-state index contributed by atoms with van der Waals surface area (Å²) in [6, 6.07) is 2.45. The lowest BCUT2D eigenvalue weighted by molar-refractivity contribution is -0.121. The predicted octanol–water partition coefficient (Wildman–Crippen LogP) is 3.01. The molecule has 1 aromatic heterocycles. The van der Waals surface area contributed by atoms with Crippen molar-refractivity contribution in [1.82, 2.24) is 9.78 Å². The molecule has 0 saturated carbocycles. The highest BCUT2D eigenvalue weighted by molar-refractivity contribution is 5.80. The van der Waals surface area contributed by atoms with Gasteiger partial charge in [-0.15, -0.1) is 0 Å². The van der Waals surface area contributed by atoms with Gasteiger partial charge in [-0.1, -0.05) is 20.8 Å². The van der Waals surface area contributed by atoms with Crippen LogP contribution in [0.3, 0.4) is 0 Å². The molecule has 1 aromatic rings. The molecule has 3 nitrogen and oxygen atoms in total. The average molecular weight is 222 g/mol. The Morgan fingerprint density at radius 3 is 2.69 bits per heavy atom. The zero-order valence-electron chi connectivity index (χ0n) is 10.7. The van der Waals surface area contributed by atoms with Gasteiger partial charge in [0.25, 0.3) is 0 Å². The fourth-order valence-corrected chi connectivity index (χ4v) is 1.48. The monoisotopic (exact) mass is 222 g/mol. The third-order valence-electron chi connectivity index (χ3n) is 2.98. The van der Waals surface area contributed by atoms with Crippen LogP contribution in [0.1, 0.15) is 52.3 Å². The van der Waals surface area contributed by atoms with Crippen LogP contribution in [0.2, 0.25) is 0 Å². The summed E-state index contributed by atoms with van der Waals surface area (Å²) >= 11 is 0. The molecule has 1 unspecified atom stereocenters. The summed E-state index contributed by atoms with van der Waals surface area (Å²) in [5.74, 6) is 0.453. The molecule has 16 heavy (non-hydrogen) atoms. The SMILES string of the molecule is CCC(C)n1ccc(CCC(=O)C(C)C)n1. The van der Waals surface area contributed by atoms with Crippen molar-refractivity contribution in [3.8, 4) is 0 Å². The number of ketones is 1. The number of rotatable bonds is 6. The van der Waals surface area contributed by atoms with E-state index in [1.807, 2.05) is 30.8 Å². The molecule has 0 saturated heterocycles. The van der Waals surface area contributed by atoms with Crippen LogP contribution in [0.4, 0.5) is 0 Å². The fraction of sp³-hybridized carbons (Fsp3) is 0.692. The van der Waals surface area contributed by atoms with Gasteiger partial charge < -0.3 is 0 Å². The lowest BCUT2D eigenvalue weighted by atomic mass is 10.0. The number of carbonyl (C=O) groups is 1. The first-order valence-electron chi connectivity index (χ1n) is 6.11. The highest BCUT2D eigenvalue weighted by Crippen LogP contribution is 2.11. The van der Waals surface area contributed by atoms with Crippen molar-refractivity contribution < 1.29 is 4.79 Å². The predicted molar refractivity (Wildman–Crippen MR) is 65.4 cm³/mol. The van der Waals surface area contributed by atoms with Crippen LogP contribution >= 0.6 is 0 Å². The summed E-state index contributed by atoms with van der Waals surface area (Å²) in [6.07, 6.45) is 4.45. The van der Waals surface area contributed by atoms with Gasteiger partial charge in [0.15, 0.2) is 0 Å². The zero-order chi connectivity index (χ0) is 12.1. The van der Waals surface area contributed by atoms with E-state index in [4.69, 9.17) is 0 Å². The summed E-state index contributed by atoms with van der Waals surface area (Å²) in [4.78, 5) is 11.5. The quantitative estimate of drug-likeness (QED) is 0.741. The van der Waals surface area contributed by atoms with Gasteiger partial charge in [-0.2, -0.15) is 5.10 Å². The minimum atomic E-state index is 0.136. The molecule has 0 bridgehead atoms. The molecule has 3 heteroatoms. The highest BCUT2D eigenvalue weighted by atomic mass is 16.1. The van der Waals surface area contributed by atoms with Gasteiger partial charge in [0.05, 0.1) is 5.69 Å². The maximum Gasteiger partial charge on any atom is 0.135 e. The number of hydrogen-bond donors (Lipinski definition) is 0. The second-order valence-corrected chi connectivity index (χ2v) is 4.67. The van der Waals surface area contributed by atoms with Gasteiger partial charge in [-0.05, 0) is 25.8 Å². The molecule has 0 aliphatic carbocycles. The first-order valence-corrected chi connectivity index (χ1v) is 6.11. The van der Waals surface area contributed by atoms with Crippen LogP contribution in [-0.2, 0) is 11.2 Å². The Balaban J connectivity index is 2.49. The second-order valence-electron chi connectivity index (χ2n) is 4.67. The van der Waals surface area contributed by atoms with Crippen molar-refractivity contribution in [3.05, 3.63) is 18.0 Å². The van der Waals surface area contributed by atoms with Crippen LogP contribution in [-0.4, -0.2) is 15.6 Å². The Morgan fingerprint density at radius 1 is 1.44 bits per heavy atom. The summed E-state index contributed by atoms with van der Waals surface area (Å²) in [5.41, 5.74) is 1.02. The number of hydrogen-bond acceptors (Lipinski definition) is 2. The summed E-state index contributed by atoms with van der Waals surface area (Å²) in [5, 5.41) is 4.48. The average Bonchev–Trinajstić information content (AvgIpc) is 2.73. The van der Waals surface area contributed by atoms with Crippen molar-refractivity contribution in [2.24, 2.45) is 5.92 Å². The second kappa shape index (κ2) is 5.83. The molecule has 1 atom stereocenters. The molecular weight excluding hydrogens is 200 g/mol. The van der Waals surface area contributed by atoms with Gasteiger partial charge in [0.1, 0.15) is 5.78 Å². The van der Waals surface area contributed by atoms with Crippen molar-refractivity contribution in [1.29, 1.82) is 0 Å². The van der Waals surface area contributed by atoms with E-state index >= 15 is 0 Å². The van der Waals surface area contributed by atoms with Crippen LogP contribution in [0.25, 0.3) is 0 Å². The number of aromatic nitrogens is 2. The molecule has 0 amide bonds. The normalized spacial score (nSPS) is 13.1. The molecule has 1 rings (SSSR count). The summed E-state index contributed by atoms with van der Waals surface area (Å²) in [7, 11) is 0. The van der Waals surface area contributed by atoms with Crippen LogP contribution in [0.15, 0.2) is 12.3 Å². The minimum absolute atomic E-state index is 0.136. The fourth-order valence-electron chi connectivity index (χ4n) is 1.48. The van der Waals surface area contributed by atoms with Crippen LogP contribution in [0.5, 0.6) is 0 Å². The van der Waals surface area contributed by atoms with Gasteiger partial charge in [0, 0.05) is 24.6 Å².